The van der Waals surface area contributed by atoms with Crippen molar-refractivity contribution < 1.29 is 29.3 Å². The molecule has 2 aromatic rings. The van der Waals surface area contributed by atoms with Gasteiger partial charge in [0.05, 0.1) is 12.9 Å². The van der Waals surface area contributed by atoms with Gasteiger partial charge in [-0.25, -0.2) is 19.7 Å². The molecule has 40 heavy (non-hydrogen) atoms. The number of aliphatic hydroxyl groups excluding tert-OH is 2. The number of hydrogen-bond acceptors (Lipinski definition) is 11. The molecule has 218 valence electrons. The Bertz CT molecular complexity index is 1230. The Morgan fingerprint density at radius 3 is 2.65 bits per heavy atom. The van der Waals surface area contributed by atoms with Crippen LogP contribution in [0.2, 0.25) is 0 Å². The van der Waals surface area contributed by atoms with Crippen LogP contribution in [-0.2, 0) is 21.0 Å². The second kappa shape index (κ2) is 13.7. The lowest BCUT2D eigenvalue weighted by molar-refractivity contribution is -0.147. The molecule has 2 fully saturated rings. The average molecular weight is 559 g/mol. The van der Waals surface area contributed by atoms with E-state index in [4.69, 9.17) is 20.9 Å². The smallest absolute Gasteiger partial charge is 0.410 e. The molecule has 0 spiro atoms. The van der Waals surface area contributed by atoms with E-state index in [0.29, 0.717) is 49.6 Å². The Kier molecular flexibility index (Phi) is 10.1. The van der Waals surface area contributed by atoms with Gasteiger partial charge in [-0.1, -0.05) is 12.8 Å². The Morgan fingerprint density at radius 2 is 2.00 bits per heavy atom. The highest BCUT2D eigenvalue weighted by atomic mass is 16.6. The molecular weight excluding hydrogens is 520 g/mol. The molecule has 2 amide bonds. The molecule has 3 atom stereocenters. The van der Waals surface area contributed by atoms with E-state index < -0.39 is 24.7 Å². The van der Waals surface area contributed by atoms with E-state index >= 15 is 0 Å². The van der Waals surface area contributed by atoms with Crippen LogP contribution >= 0.6 is 0 Å². The maximum atomic E-state index is 12.5. The summed E-state index contributed by atoms with van der Waals surface area (Å²) < 4.78 is 12.6. The minimum Gasteiger partial charge on any atom is -0.445 e. The first-order valence-corrected chi connectivity index (χ1v) is 13.7. The highest BCUT2D eigenvalue weighted by Crippen LogP contribution is 2.22. The third kappa shape index (κ3) is 7.57. The van der Waals surface area contributed by atoms with E-state index in [1.807, 2.05) is 6.92 Å². The van der Waals surface area contributed by atoms with Gasteiger partial charge in [-0.3, -0.25) is 9.36 Å². The largest absolute Gasteiger partial charge is 0.445 e. The number of amides is 2. The standard InChI is InChI=1S/C26H38N8O6/c1-2-18(12-27)40-26(38)33-10-8-16(9-11-33)4-3-5-20-31-23(28)21-24(32-20)34(14-29-21)15-39-22(19(36)13-35)25(37)30-17-6-7-17/h14,16-19,22,35-36H,2,4,6-13,15,27H2,1H3,(H,30,37)(H2,28,31,32)/t18?,19?,22-/m0/s1. The number of anilines is 1. The number of nitrogens with zero attached hydrogens (tertiary/aromatic N) is 5. The maximum absolute atomic E-state index is 12.5. The van der Waals surface area contributed by atoms with Crippen molar-refractivity contribution in [3.05, 3.63) is 12.2 Å². The number of fused-ring (bicyclic) bond motifs is 1. The van der Waals surface area contributed by atoms with E-state index in [2.05, 4.69) is 32.1 Å². The van der Waals surface area contributed by atoms with Gasteiger partial charge < -0.3 is 41.4 Å². The number of nitrogens with one attached hydrogen (secondary N) is 1. The Balaban J connectivity index is 1.35. The van der Waals surface area contributed by atoms with E-state index in [0.717, 1.165) is 25.7 Å². The first-order valence-electron chi connectivity index (χ1n) is 13.7. The summed E-state index contributed by atoms with van der Waals surface area (Å²) in [6.45, 7) is 2.66. The molecule has 2 aromatic heterocycles. The van der Waals surface area contributed by atoms with Crippen LogP contribution in [0, 0.1) is 17.8 Å². The fourth-order valence-corrected chi connectivity index (χ4v) is 4.35. The second-order valence-corrected chi connectivity index (χ2v) is 10.2. The van der Waals surface area contributed by atoms with Gasteiger partial charge >= 0.3 is 6.09 Å². The maximum Gasteiger partial charge on any atom is 0.410 e. The van der Waals surface area contributed by atoms with Gasteiger partial charge in [0.1, 0.15) is 24.5 Å². The summed E-state index contributed by atoms with van der Waals surface area (Å²) in [6, 6.07) is 0.0752. The van der Waals surface area contributed by atoms with Crippen molar-refractivity contribution in [2.45, 2.75) is 76.5 Å². The third-order valence-corrected chi connectivity index (χ3v) is 7.05. The highest BCUT2D eigenvalue weighted by Gasteiger charge is 2.32. The Hall–Kier alpha value is -3.51. The van der Waals surface area contributed by atoms with E-state index in [9.17, 15) is 19.8 Å². The number of imidazole rings is 1. The topological polar surface area (TPSA) is 204 Å². The lowest BCUT2D eigenvalue weighted by Gasteiger charge is -2.31. The van der Waals surface area contributed by atoms with Crippen LogP contribution in [0.1, 0.15) is 51.3 Å². The van der Waals surface area contributed by atoms with E-state index in [1.165, 1.54) is 10.9 Å². The van der Waals surface area contributed by atoms with Crippen molar-refractivity contribution in [1.29, 1.82) is 0 Å². The van der Waals surface area contributed by atoms with Crippen LogP contribution in [0.4, 0.5) is 10.6 Å². The van der Waals surface area contributed by atoms with Crippen LogP contribution in [0.3, 0.4) is 0 Å². The summed E-state index contributed by atoms with van der Waals surface area (Å²) in [6.07, 6.45) is 2.90. The van der Waals surface area contributed by atoms with Crippen molar-refractivity contribution in [2.75, 3.05) is 32.0 Å². The molecule has 1 saturated heterocycles. The number of aliphatic hydroxyl groups is 2. The normalized spacial score (nSPS) is 18.1. The molecule has 1 aliphatic heterocycles. The monoisotopic (exact) mass is 558 g/mol. The quantitative estimate of drug-likeness (QED) is 0.227. The number of ether oxygens (including phenoxy) is 2. The van der Waals surface area contributed by atoms with Gasteiger partial charge in [-0.05, 0) is 43.9 Å². The average Bonchev–Trinajstić information content (AvgIpc) is 3.68. The van der Waals surface area contributed by atoms with Gasteiger partial charge in [0.15, 0.2) is 17.6 Å². The van der Waals surface area contributed by atoms with Crippen LogP contribution in [0.5, 0.6) is 0 Å². The lowest BCUT2D eigenvalue weighted by atomic mass is 9.94. The molecule has 3 heterocycles. The molecule has 14 heteroatoms. The molecule has 2 aliphatic rings. The van der Waals surface area contributed by atoms with Gasteiger partial charge in [0.2, 0.25) is 5.82 Å². The van der Waals surface area contributed by atoms with E-state index in [1.54, 1.807) is 4.90 Å². The molecular formula is C26H38N8O6. The lowest BCUT2D eigenvalue weighted by Crippen LogP contribution is -2.46. The highest BCUT2D eigenvalue weighted by molar-refractivity contribution is 5.82. The summed E-state index contributed by atoms with van der Waals surface area (Å²) in [4.78, 5) is 39.4. The fraction of sp³-hybridized carbons (Fsp3) is 0.654. The van der Waals surface area contributed by atoms with Crippen molar-refractivity contribution in [3.63, 3.8) is 0 Å². The number of carbonyl (C=O) groups excluding carboxylic acids is 2. The fourth-order valence-electron chi connectivity index (χ4n) is 4.35. The number of hydrogen-bond donors (Lipinski definition) is 5. The number of carbonyl (C=O) groups is 2. The Labute approximate surface area is 232 Å². The molecule has 0 aromatic carbocycles. The molecule has 7 N–H and O–H groups in total. The number of aromatic nitrogens is 4. The zero-order chi connectivity index (χ0) is 28.6. The number of nitrogen functional groups attached to an aromatic ring is 1. The third-order valence-electron chi connectivity index (χ3n) is 7.05. The van der Waals surface area contributed by atoms with E-state index in [-0.39, 0.29) is 36.6 Å². The number of nitrogens with two attached hydrogens (primary N) is 2. The predicted molar refractivity (Wildman–Crippen MR) is 144 cm³/mol. The molecule has 14 nitrogen and oxygen atoms in total. The van der Waals surface area contributed by atoms with Crippen LogP contribution in [-0.4, -0.2) is 97.2 Å². The van der Waals surface area contributed by atoms with Crippen molar-refractivity contribution in [2.24, 2.45) is 11.7 Å². The second-order valence-electron chi connectivity index (χ2n) is 10.2. The number of rotatable bonds is 11. The molecule has 1 aliphatic carbocycles. The Morgan fingerprint density at radius 1 is 1.25 bits per heavy atom. The summed E-state index contributed by atoms with van der Waals surface area (Å²) in [7, 11) is 0. The van der Waals surface area contributed by atoms with Crippen molar-refractivity contribution >= 4 is 29.0 Å². The van der Waals surface area contributed by atoms with Crippen LogP contribution in [0.25, 0.3) is 11.2 Å². The number of piperidine rings is 1. The zero-order valence-corrected chi connectivity index (χ0v) is 22.7. The van der Waals surface area contributed by atoms with Gasteiger partial charge in [0, 0.05) is 32.1 Å². The van der Waals surface area contributed by atoms with Gasteiger partial charge in [0.25, 0.3) is 5.91 Å². The summed E-state index contributed by atoms with van der Waals surface area (Å²) in [5.41, 5.74) is 12.4. The molecule has 0 radical (unpaired) electrons. The molecule has 0 bridgehead atoms. The molecule has 4 rings (SSSR count). The van der Waals surface area contributed by atoms with Gasteiger partial charge in [-0.15, -0.1) is 0 Å². The first-order chi connectivity index (χ1) is 19.3. The SMILES string of the molecule is CCC(CN)OC(=O)N1CCC(CC#Cc2nc(N)c3ncn(CO[C@H](C(=O)NC4CC4)C(O)CO)c3n2)CC1. The van der Waals surface area contributed by atoms with Gasteiger partial charge in [-0.2, -0.15) is 0 Å². The predicted octanol–water partition coefficient (Wildman–Crippen LogP) is -0.289. The van der Waals surface area contributed by atoms with Crippen LogP contribution in [0.15, 0.2) is 6.33 Å². The zero-order valence-electron chi connectivity index (χ0n) is 22.7. The number of likely N-dealkylation sites (tertiary alicyclic amines) is 1. The summed E-state index contributed by atoms with van der Waals surface area (Å²) >= 11 is 0. The minimum absolute atomic E-state index is 0.0752. The molecule has 1 saturated carbocycles. The van der Waals surface area contributed by atoms with Crippen LogP contribution < -0.4 is 16.8 Å². The van der Waals surface area contributed by atoms with Crippen molar-refractivity contribution in [3.8, 4) is 11.8 Å². The summed E-state index contributed by atoms with van der Waals surface area (Å²) in [5.74, 6) is 6.30. The summed E-state index contributed by atoms with van der Waals surface area (Å²) in [5, 5.41) is 22.2. The molecule has 2 unspecified atom stereocenters. The minimum atomic E-state index is -1.38. The van der Waals surface area contributed by atoms with Crippen molar-refractivity contribution in [1.82, 2.24) is 29.7 Å². The first kappa shape index (κ1) is 29.5.